The Bertz CT molecular complexity index is 530. The summed E-state index contributed by atoms with van der Waals surface area (Å²) in [5.74, 6) is -0.919. The maximum absolute atomic E-state index is 10.4. The van der Waals surface area contributed by atoms with Crippen LogP contribution in [0.2, 0.25) is 0 Å². The first kappa shape index (κ1) is 17.8. The number of hydrogen-bond donors (Lipinski definition) is 2. The van der Waals surface area contributed by atoms with Crippen LogP contribution >= 0.6 is 0 Å². The number of phenols is 1. The maximum Gasteiger partial charge on any atom is 0.189 e. The minimum atomic E-state index is -1.18. The summed E-state index contributed by atoms with van der Waals surface area (Å²) in [4.78, 5) is 0. The topological polar surface area (TPSA) is 49.7 Å². The zero-order chi connectivity index (χ0) is 16.5. The molecule has 1 aromatic rings. The van der Waals surface area contributed by atoms with Crippen molar-refractivity contribution in [3.63, 3.8) is 0 Å². The van der Waals surface area contributed by atoms with Gasteiger partial charge in [-0.2, -0.15) is 0 Å². The van der Waals surface area contributed by atoms with Crippen molar-refractivity contribution in [2.24, 2.45) is 0 Å². The normalized spacial score (nSPS) is 20.5. The first-order chi connectivity index (χ1) is 11.1. The Balaban J connectivity index is 1.74. The highest BCUT2D eigenvalue weighted by atomic mass is 16.6. The lowest BCUT2D eigenvalue weighted by Gasteiger charge is -2.27. The molecule has 1 aliphatic rings. The first-order valence-electron chi connectivity index (χ1n) is 8.68. The van der Waals surface area contributed by atoms with Crippen molar-refractivity contribution in [2.75, 3.05) is 6.61 Å². The molecule has 1 atom stereocenters. The van der Waals surface area contributed by atoms with E-state index in [0.717, 1.165) is 24.0 Å². The predicted octanol–water partition coefficient (Wildman–Crippen LogP) is 4.80. The van der Waals surface area contributed by atoms with Crippen LogP contribution in [0.15, 0.2) is 42.5 Å². The summed E-state index contributed by atoms with van der Waals surface area (Å²) in [5.41, 5.74) is 2.06. The number of aliphatic hydroxyl groups is 1. The summed E-state index contributed by atoms with van der Waals surface area (Å²) in [6, 6.07) is 7.07. The molecule has 0 amide bonds. The van der Waals surface area contributed by atoms with E-state index in [2.05, 4.69) is 6.92 Å². The highest BCUT2D eigenvalue weighted by Crippen LogP contribution is 2.28. The van der Waals surface area contributed by atoms with Crippen molar-refractivity contribution in [2.45, 2.75) is 57.7 Å². The van der Waals surface area contributed by atoms with E-state index >= 15 is 0 Å². The molecule has 0 aliphatic heterocycles. The fraction of sp³-hybridized carbons (Fsp3) is 0.500. The number of allylic oxidation sites excluding steroid dienone is 2. The van der Waals surface area contributed by atoms with Crippen LogP contribution in [0.4, 0.5) is 0 Å². The van der Waals surface area contributed by atoms with Crippen molar-refractivity contribution in [1.82, 2.24) is 0 Å². The van der Waals surface area contributed by atoms with Crippen molar-refractivity contribution in [1.29, 1.82) is 0 Å². The van der Waals surface area contributed by atoms with E-state index in [1.54, 1.807) is 18.2 Å². The van der Waals surface area contributed by atoms with Crippen LogP contribution in [0, 0.1) is 0 Å². The van der Waals surface area contributed by atoms with Crippen molar-refractivity contribution < 1.29 is 14.9 Å². The molecule has 23 heavy (non-hydrogen) atoms. The molecule has 1 unspecified atom stereocenters. The van der Waals surface area contributed by atoms with Gasteiger partial charge < -0.3 is 14.9 Å². The van der Waals surface area contributed by atoms with E-state index < -0.39 is 5.79 Å². The van der Waals surface area contributed by atoms with Gasteiger partial charge in [0.2, 0.25) is 0 Å². The Kier molecular flexibility index (Phi) is 6.87. The summed E-state index contributed by atoms with van der Waals surface area (Å²) in [6.45, 7) is 2.81. The number of hydrogen-bond acceptors (Lipinski definition) is 3. The van der Waals surface area contributed by atoms with E-state index in [0.29, 0.717) is 13.0 Å². The molecule has 0 spiro atoms. The molecular weight excluding hydrogens is 288 g/mol. The standard InChI is InChI=1S/C20H28O3/c1-2-3-4-5-6-7-16-23-20(22)14-12-18(13-15-20)17-8-10-19(21)11-9-17/h8-14,21-22H,2-7,15-16H2,1H3. The Hall–Kier alpha value is -1.58. The minimum absolute atomic E-state index is 0.257. The molecule has 0 fully saturated rings. The van der Waals surface area contributed by atoms with Gasteiger partial charge in [-0.15, -0.1) is 0 Å². The average Bonchev–Trinajstić information content (AvgIpc) is 2.56. The number of rotatable bonds is 9. The summed E-state index contributed by atoms with van der Waals surface area (Å²) < 4.78 is 5.66. The molecule has 3 heteroatoms. The Labute approximate surface area is 139 Å². The smallest absolute Gasteiger partial charge is 0.189 e. The van der Waals surface area contributed by atoms with Crippen LogP contribution in [-0.4, -0.2) is 22.6 Å². The van der Waals surface area contributed by atoms with Gasteiger partial charge in [-0.1, -0.05) is 63.3 Å². The number of aromatic hydroxyl groups is 1. The van der Waals surface area contributed by atoms with Gasteiger partial charge in [0.1, 0.15) is 5.75 Å². The van der Waals surface area contributed by atoms with Crippen LogP contribution in [-0.2, 0) is 4.74 Å². The number of ether oxygens (including phenoxy) is 1. The Morgan fingerprint density at radius 2 is 1.74 bits per heavy atom. The predicted molar refractivity (Wildman–Crippen MR) is 94.1 cm³/mol. The third-order valence-electron chi connectivity index (χ3n) is 4.19. The van der Waals surface area contributed by atoms with Gasteiger partial charge in [0.05, 0.1) is 6.61 Å². The highest BCUT2D eigenvalue weighted by Gasteiger charge is 2.25. The highest BCUT2D eigenvalue weighted by molar-refractivity contribution is 5.75. The van der Waals surface area contributed by atoms with Crippen LogP contribution in [0.5, 0.6) is 5.75 Å². The summed E-state index contributed by atoms with van der Waals surface area (Å²) in [5, 5.41) is 19.8. The third kappa shape index (κ3) is 5.85. The number of benzene rings is 1. The second kappa shape index (κ2) is 8.90. The Morgan fingerprint density at radius 3 is 2.39 bits per heavy atom. The largest absolute Gasteiger partial charge is 0.508 e. The summed E-state index contributed by atoms with van der Waals surface area (Å²) in [7, 11) is 0. The second-order valence-electron chi connectivity index (χ2n) is 6.20. The van der Waals surface area contributed by atoms with Gasteiger partial charge in [-0.25, -0.2) is 0 Å². The number of unbranched alkanes of at least 4 members (excludes halogenated alkanes) is 5. The molecule has 0 saturated carbocycles. The lowest BCUT2D eigenvalue weighted by atomic mass is 9.96. The quantitative estimate of drug-likeness (QED) is 0.508. The molecule has 0 aromatic heterocycles. The molecule has 1 aromatic carbocycles. The molecule has 2 rings (SSSR count). The molecule has 126 valence electrons. The first-order valence-corrected chi connectivity index (χ1v) is 8.68. The van der Waals surface area contributed by atoms with E-state index in [9.17, 15) is 10.2 Å². The van der Waals surface area contributed by atoms with Crippen LogP contribution in [0.1, 0.15) is 57.4 Å². The van der Waals surface area contributed by atoms with Crippen molar-refractivity contribution in [3.05, 3.63) is 48.1 Å². The molecule has 3 nitrogen and oxygen atoms in total. The monoisotopic (exact) mass is 316 g/mol. The van der Waals surface area contributed by atoms with Gasteiger partial charge >= 0.3 is 0 Å². The zero-order valence-corrected chi connectivity index (χ0v) is 14.0. The molecular formula is C20H28O3. The average molecular weight is 316 g/mol. The van der Waals surface area contributed by atoms with E-state index in [1.165, 1.54) is 25.7 Å². The van der Waals surface area contributed by atoms with E-state index in [1.807, 2.05) is 24.3 Å². The van der Waals surface area contributed by atoms with Gasteiger partial charge in [0.25, 0.3) is 0 Å². The van der Waals surface area contributed by atoms with Crippen LogP contribution in [0.3, 0.4) is 0 Å². The summed E-state index contributed by atoms with van der Waals surface area (Å²) in [6.07, 6.45) is 13.3. The maximum atomic E-state index is 10.4. The fourth-order valence-electron chi connectivity index (χ4n) is 2.72. The van der Waals surface area contributed by atoms with Crippen LogP contribution in [0.25, 0.3) is 5.57 Å². The second-order valence-corrected chi connectivity index (χ2v) is 6.20. The molecule has 0 saturated heterocycles. The lowest BCUT2D eigenvalue weighted by molar-refractivity contribution is -0.165. The third-order valence-corrected chi connectivity index (χ3v) is 4.19. The van der Waals surface area contributed by atoms with Crippen molar-refractivity contribution >= 4 is 5.57 Å². The molecule has 2 N–H and O–H groups in total. The molecule has 0 bridgehead atoms. The fourth-order valence-corrected chi connectivity index (χ4v) is 2.72. The molecule has 0 radical (unpaired) electrons. The molecule has 1 aliphatic carbocycles. The van der Waals surface area contributed by atoms with Gasteiger partial charge in [0, 0.05) is 6.42 Å². The van der Waals surface area contributed by atoms with Gasteiger partial charge in [-0.05, 0) is 35.8 Å². The van der Waals surface area contributed by atoms with Gasteiger partial charge in [-0.3, -0.25) is 0 Å². The minimum Gasteiger partial charge on any atom is -0.508 e. The van der Waals surface area contributed by atoms with Crippen LogP contribution < -0.4 is 0 Å². The van der Waals surface area contributed by atoms with Crippen molar-refractivity contribution in [3.8, 4) is 5.75 Å². The lowest BCUT2D eigenvalue weighted by Crippen LogP contribution is -2.31. The van der Waals surface area contributed by atoms with E-state index in [-0.39, 0.29) is 5.75 Å². The van der Waals surface area contributed by atoms with Gasteiger partial charge in [0.15, 0.2) is 5.79 Å². The zero-order valence-electron chi connectivity index (χ0n) is 14.0. The SMILES string of the molecule is CCCCCCCCOC1(O)C=CC(c2ccc(O)cc2)=CC1. The van der Waals surface area contributed by atoms with E-state index in [4.69, 9.17) is 4.74 Å². The Morgan fingerprint density at radius 1 is 1.04 bits per heavy atom. The molecule has 0 heterocycles. The number of phenolic OH excluding ortho intramolecular Hbond substituents is 1. The summed E-state index contributed by atoms with van der Waals surface area (Å²) >= 11 is 0.